The van der Waals surface area contributed by atoms with Gasteiger partial charge in [-0.05, 0) is 19.9 Å². The number of fused-ring (bicyclic) bond motifs is 1. The van der Waals surface area contributed by atoms with Crippen LogP contribution in [0.1, 0.15) is 19.5 Å². The smallest absolute Gasteiger partial charge is 0.195 e. The molecule has 3 heteroatoms. The van der Waals surface area contributed by atoms with Crippen LogP contribution in [0.25, 0.3) is 22.7 Å². The van der Waals surface area contributed by atoms with Gasteiger partial charge in [-0.25, -0.2) is 4.98 Å². The Kier molecular flexibility index (Phi) is 4.53. The number of thiazole rings is 1. The Morgan fingerprint density at radius 2 is 2.10 bits per heavy atom. The highest BCUT2D eigenvalue weighted by atomic mass is 32.1. The van der Waals surface area contributed by atoms with Gasteiger partial charge in [0.2, 0.25) is 0 Å². The van der Waals surface area contributed by atoms with Crippen LogP contribution in [0.4, 0.5) is 0 Å². The number of rotatable bonds is 4. The van der Waals surface area contributed by atoms with E-state index in [0.29, 0.717) is 0 Å². The summed E-state index contributed by atoms with van der Waals surface area (Å²) in [5.74, 6) is 0. The molecule has 2 heterocycles. The van der Waals surface area contributed by atoms with Gasteiger partial charge in [-0.3, -0.25) is 4.40 Å². The fraction of sp³-hybridized carbons (Fsp3) is 0.118. The number of aromatic nitrogens is 2. The Morgan fingerprint density at radius 3 is 2.70 bits per heavy atom. The zero-order valence-electron chi connectivity index (χ0n) is 11.8. The molecule has 0 amide bonds. The first kappa shape index (κ1) is 14.3. The van der Waals surface area contributed by atoms with Gasteiger partial charge >= 0.3 is 0 Å². The first-order chi connectivity index (χ1) is 9.74. The van der Waals surface area contributed by atoms with Crippen LogP contribution in [-0.4, -0.2) is 9.38 Å². The van der Waals surface area contributed by atoms with Gasteiger partial charge in [0.1, 0.15) is 0 Å². The van der Waals surface area contributed by atoms with Gasteiger partial charge in [-0.2, -0.15) is 0 Å². The highest BCUT2D eigenvalue weighted by molar-refractivity contribution is 7.15. The number of nitrogens with zero attached hydrogens (tertiary/aromatic N) is 2. The minimum Gasteiger partial charge on any atom is -0.290 e. The van der Waals surface area contributed by atoms with E-state index in [1.165, 1.54) is 4.53 Å². The second-order valence-electron chi connectivity index (χ2n) is 4.18. The maximum atomic E-state index is 4.70. The quantitative estimate of drug-likeness (QED) is 0.786. The molecular formula is C17H18N2S. The minimum absolute atomic E-state index is 0.961. The molecule has 0 aliphatic heterocycles. The van der Waals surface area contributed by atoms with Crippen molar-refractivity contribution in [2.75, 3.05) is 0 Å². The minimum atomic E-state index is 0.961. The predicted octanol–water partition coefficient (Wildman–Crippen LogP) is 3.31. The van der Waals surface area contributed by atoms with Crippen LogP contribution < -0.4 is 9.88 Å². The van der Waals surface area contributed by atoms with E-state index in [1.807, 2.05) is 44.2 Å². The maximum Gasteiger partial charge on any atom is 0.195 e. The molecule has 0 radical (unpaired) electrons. The molecule has 0 unspecified atom stereocenters. The number of imidazole rings is 1. The molecule has 2 aromatic rings. The summed E-state index contributed by atoms with van der Waals surface area (Å²) in [5.41, 5.74) is 2.03. The second-order valence-corrected chi connectivity index (χ2v) is 5.19. The largest absolute Gasteiger partial charge is 0.290 e. The Hall–Kier alpha value is -2.13. The first-order valence-electron chi connectivity index (χ1n) is 6.48. The summed E-state index contributed by atoms with van der Waals surface area (Å²) >= 11 is 1.66. The van der Waals surface area contributed by atoms with E-state index >= 15 is 0 Å². The highest BCUT2D eigenvalue weighted by Gasteiger charge is 2.07. The molecule has 2 nitrogen and oxygen atoms in total. The van der Waals surface area contributed by atoms with E-state index in [2.05, 4.69) is 29.8 Å². The van der Waals surface area contributed by atoms with Crippen LogP contribution in [0, 0.1) is 0 Å². The third-order valence-corrected chi connectivity index (χ3v) is 3.90. The lowest BCUT2D eigenvalue weighted by Gasteiger charge is -1.94. The van der Waals surface area contributed by atoms with Crippen LogP contribution in [-0.2, 0) is 0 Å². The van der Waals surface area contributed by atoms with Crippen LogP contribution >= 0.6 is 11.3 Å². The fourth-order valence-electron chi connectivity index (χ4n) is 2.06. The lowest BCUT2D eigenvalue weighted by atomic mass is 10.2. The van der Waals surface area contributed by atoms with E-state index in [0.717, 1.165) is 21.6 Å². The molecule has 0 aromatic carbocycles. The van der Waals surface area contributed by atoms with E-state index in [-0.39, 0.29) is 0 Å². The average Bonchev–Trinajstić information content (AvgIpc) is 2.96. The zero-order valence-corrected chi connectivity index (χ0v) is 12.7. The molecule has 2 rings (SSSR count). The van der Waals surface area contributed by atoms with Crippen molar-refractivity contribution in [3.63, 3.8) is 0 Å². The summed E-state index contributed by atoms with van der Waals surface area (Å²) in [7, 11) is 0. The third-order valence-electron chi connectivity index (χ3n) is 2.87. The lowest BCUT2D eigenvalue weighted by Crippen LogP contribution is -2.23. The normalized spacial score (nSPS) is 14.6. The highest BCUT2D eigenvalue weighted by Crippen LogP contribution is 2.16. The molecule has 102 valence electrons. The summed E-state index contributed by atoms with van der Waals surface area (Å²) in [6.07, 6.45) is 15.8. The molecular weight excluding hydrogens is 264 g/mol. The van der Waals surface area contributed by atoms with Crippen molar-refractivity contribution in [3.05, 3.63) is 65.3 Å². The molecule has 0 saturated heterocycles. The fourth-order valence-corrected chi connectivity index (χ4v) is 3.13. The van der Waals surface area contributed by atoms with Crippen LogP contribution in [0.2, 0.25) is 0 Å². The zero-order chi connectivity index (χ0) is 14.5. The van der Waals surface area contributed by atoms with E-state index < -0.39 is 0 Å². The molecule has 0 atom stereocenters. The maximum absolute atomic E-state index is 4.70. The van der Waals surface area contributed by atoms with E-state index in [4.69, 9.17) is 4.98 Å². The monoisotopic (exact) mass is 282 g/mol. The van der Waals surface area contributed by atoms with Crippen molar-refractivity contribution in [1.82, 2.24) is 9.38 Å². The second kappa shape index (κ2) is 6.35. The van der Waals surface area contributed by atoms with Gasteiger partial charge in [0.25, 0.3) is 0 Å². The number of hydrogen-bond acceptors (Lipinski definition) is 2. The van der Waals surface area contributed by atoms with Crippen molar-refractivity contribution in [3.8, 4) is 0 Å². The van der Waals surface area contributed by atoms with Gasteiger partial charge in [0.05, 0.1) is 15.6 Å². The standard InChI is InChI=1S/C17H18N2S/c1-5-9-13(10-6-2)14-12-19-15(8-4)16(11-7-3)20-17(19)18-14/h5-12H,1,3H2,2,4H3/b10-6-,13-9+,15-8+,16-11+. The van der Waals surface area contributed by atoms with Gasteiger partial charge in [0.15, 0.2) is 4.96 Å². The van der Waals surface area contributed by atoms with Crippen molar-refractivity contribution >= 4 is 34.0 Å². The number of allylic oxidation sites excluding steroid dienone is 6. The Balaban J connectivity index is 2.70. The molecule has 0 fully saturated rings. The van der Waals surface area contributed by atoms with Gasteiger partial charge in [-0.15, -0.1) is 0 Å². The summed E-state index contributed by atoms with van der Waals surface area (Å²) in [6, 6.07) is 0. The molecule has 0 aliphatic rings. The first-order valence-corrected chi connectivity index (χ1v) is 7.29. The SMILES string of the molecule is C=C/C=C(\C=C/C)c1cn2c(=C/C)/c(=C\C=C)sc2n1. The Bertz CT molecular complexity index is 813. The van der Waals surface area contributed by atoms with Gasteiger partial charge in [-0.1, -0.05) is 61.0 Å². The van der Waals surface area contributed by atoms with Crippen LogP contribution in [0.5, 0.6) is 0 Å². The van der Waals surface area contributed by atoms with E-state index in [9.17, 15) is 0 Å². The summed E-state index contributed by atoms with van der Waals surface area (Å²) < 4.78 is 3.30. The molecule has 0 saturated carbocycles. The van der Waals surface area contributed by atoms with Crippen LogP contribution in [0.15, 0.2) is 49.7 Å². The third kappa shape index (κ3) is 2.58. The Morgan fingerprint density at radius 1 is 1.30 bits per heavy atom. The topological polar surface area (TPSA) is 17.3 Å². The summed E-state index contributed by atoms with van der Waals surface area (Å²) in [4.78, 5) is 5.69. The Labute approximate surface area is 123 Å². The molecule has 0 spiro atoms. The van der Waals surface area contributed by atoms with Gasteiger partial charge in [0, 0.05) is 11.8 Å². The van der Waals surface area contributed by atoms with Crippen molar-refractivity contribution in [1.29, 1.82) is 0 Å². The summed E-state index contributed by atoms with van der Waals surface area (Å²) in [5, 5.41) is 1.15. The predicted molar refractivity (Wildman–Crippen MR) is 90.1 cm³/mol. The van der Waals surface area contributed by atoms with Crippen molar-refractivity contribution in [2.24, 2.45) is 0 Å². The summed E-state index contributed by atoms with van der Waals surface area (Å²) in [6.45, 7) is 11.5. The molecule has 0 bridgehead atoms. The van der Waals surface area contributed by atoms with Crippen molar-refractivity contribution in [2.45, 2.75) is 13.8 Å². The molecule has 0 aliphatic carbocycles. The molecule has 20 heavy (non-hydrogen) atoms. The van der Waals surface area contributed by atoms with Crippen LogP contribution in [0.3, 0.4) is 0 Å². The van der Waals surface area contributed by atoms with Gasteiger partial charge < -0.3 is 0 Å². The lowest BCUT2D eigenvalue weighted by molar-refractivity contribution is 1.15. The van der Waals surface area contributed by atoms with E-state index in [1.54, 1.807) is 17.4 Å². The van der Waals surface area contributed by atoms with Crippen molar-refractivity contribution < 1.29 is 0 Å². The molecule has 0 N–H and O–H groups in total. The molecule has 2 aromatic heterocycles. The number of hydrogen-bond donors (Lipinski definition) is 0. The average molecular weight is 282 g/mol.